The minimum atomic E-state index is -3.79. The van der Waals surface area contributed by atoms with Crippen molar-refractivity contribution in [1.29, 1.82) is 0 Å². The normalized spacial score (nSPS) is 28.4. The van der Waals surface area contributed by atoms with Gasteiger partial charge in [-0.25, -0.2) is 0 Å². The highest BCUT2D eigenvalue weighted by molar-refractivity contribution is 6.67. The molecule has 5 atom stereocenters. The molecule has 44 heavy (non-hydrogen) atoms. The predicted octanol–water partition coefficient (Wildman–Crippen LogP) is 7.46. The van der Waals surface area contributed by atoms with E-state index in [2.05, 4.69) is 33.8 Å². The number of nitrogens with zero attached hydrogens (tertiary/aromatic N) is 2. The molecule has 1 aliphatic carbocycles. The lowest BCUT2D eigenvalue weighted by Gasteiger charge is -2.38. The Kier molecular flexibility index (Phi) is 11.4. The van der Waals surface area contributed by atoms with E-state index < -0.39 is 37.0 Å². The maximum Gasteiger partial charge on any atom is 0.337 e. The third kappa shape index (κ3) is 7.76. The van der Waals surface area contributed by atoms with Crippen molar-refractivity contribution in [2.45, 2.75) is 128 Å². The van der Waals surface area contributed by atoms with Crippen LogP contribution in [-0.2, 0) is 16.0 Å². The topological polar surface area (TPSA) is 99.3 Å². The van der Waals surface area contributed by atoms with Crippen LogP contribution in [0.1, 0.15) is 105 Å². The molecule has 0 radical (unpaired) electrons. The highest BCUT2D eigenvalue weighted by atomic mass is 28.4. The third-order valence-corrected chi connectivity index (χ3v) is 13.1. The fourth-order valence-corrected chi connectivity index (χ4v) is 10.7. The van der Waals surface area contributed by atoms with Gasteiger partial charge in [-0.05, 0) is 68.9 Å². The molecule has 0 spiro atoms. The zero-order chi connectivity index (χ0) is 32.1. The van der Waals surface area contributed by atoms with Crippen LogP contribution in [-0.4, -0.2) is 53.2 Å². The first-order chi connectivity index (χ1) is 20.8. The number of carbonyl (C=O) groups is 2. The molecule has 242 valence electrons. The highest BCUT2D eigenvalue weighted by Gasteiger charge is 2.61. The molecule has 1 aromatic rings. The summed E-state index contributed by atoms with van der Waals surface area (Å²) in [4.78, 5) is 63.0. The van der Waals surface area contributed by atoms with Crippen molar-refractivity contribution in [2.24, 2.45) is 39.6 Å². The Morgan fingerprint density at radius 3 is 2.25 bits per heavy atom. The summed E-state index contributed by atoms with van der Waals surface area (Å²) in [5.74, 6) is -0.779. The summed E-state index contributed by atoms with van der Waals surface area (Å²) >= 11 is 0. The van der Waals surface area contributed by atoms with Crippen LogP contribution >= 0.6 is 0 Å². The van der Waals surface area contributed by atoms with Gasteiger partial charge in [-0.1, -0.05) is 102 Å². The molecule has 1 aromatic carbocycles. The molecular formula is C37H56N2O4Si. The second-order valence-corrected chi connectivity index (χ2v) is 18.1. The maximum atomic E-state index is 14.8. The molecule has 4 rings (SSSR count). The molecule has 0 amide bonds. The van der Waals surface area contributed by atoms with Gasteiger partial charge < -0.3 is 9.59 Å². The van der Waals surface area contributed by atoms with E-state index in [0.29, 0.717) is 43.6 Å². The summed E-state index contributed by atoms with van der Waals surface area (Å²) in [5.41, 5.74) is -0.632. The van der Waals surface area contributed by atoms with E-state index in [1.807, 2.05) is 44.2 Å². The van der Waals surface area contributed by atoms with Crippen LogP contribution in [0.5, 0.6) is 0 Å². The van der Waals surface area contributed by atoms with E-state index in [-0.39, 0.29) is 17.5 Å². The van der Waals surface area contributed by atoms with Crippen molar-refractivity contribution >= 4 is 32.6 Å². The molecule has 7 heteroatoms. The van der Waals surface area contributed by atoms with Gasteiger partial charge in [0.15, 0.2) is 11.6 Å². The summed E-state index contributed by atoms with van der Waals surface area (Å²) in [6, 6.07) is 10.3. The number of ketones is 2. The second-order valence-electron chi connectivity index (χ2n) is 15.1. The molecule has 2 aliphatic heterocycles. The Hall–Kier alpha value is -2.22. The number of hydrogen-bond acceptors (Lipinski definition) is 6. The average molecular weight is 621 g/mol. The summed E-state index contributed by atoms with van der Waals surface area (Å²) in [5, 5.41) is 0. The van der Waals surface area contributed by atoms with Crippen LogP contribution in [0.4, 0.5) is 0 Å². The lowest BCUT2D eigenvalue weighted by molar-refractivity contribution is -0.134. The number of benzene rings is 1. The minimum absolute atomic E-state index is 0.0502. The Morgan fingerprint density at radius 1 is 0.955 bits per heavy atom. The number of hydrogen-bond donors (Lipinski definition) is 2. The molecule has 1 saturated carbocycles. The lowest BCUT2D eigenvalue weighted by Crippen LogP contribution is -2.54. The van der Waals surface area contributed by atoms with Crippen molar-refractivity contribution in [3.05, 3.63) is 47.5 Å². The number of aliphatic imine (C=N–C) groups is 2. The maximum absolute atomic E-state index is 14.8. The fraction of sp³-hybridized carbons (Fsp3) is 0.676. The molecular weight excluding hydrogens is 565 g/mol. The van der Waals surface area contributed by atoms with E-state index >= 15 is 0 Å². The van der Waals surface area contributed by atoms with Gasteiger partial charge in [-0.2, -0.15) is 0 Å². The number of Topliss-reactive ketones (excluding diaryl/α,β-unsaturated/α-hetero) is 2. The van der Waals surface area contributed by atoms with Crippen molar-refractivity contribution in [3.63, 3.8) is 0 Å². The third-order valence-electron chi connectivity index (χ3n) is 10.3. The Balaban J connectivity index is 1.70. The molecule has 1 fully saturated rings. The van der Waals surface area contributed by atoms with E-state index in [1.165, 1.54) is 6.42 Å². The summed E-state index contributed by atoms with van der Waals surface area (Å²) in [7, 11) is -3.79. The Bertz CT molecular complexity index is 1230. The molecule has 6 nitrogen and oxygen atoms in total. The van der Waals surface area contributed by atoms with E-state index in [4.69, 9.17) is 9.98 Å². The number of allylic oxidation sites excluding steroid dienone is 1. The molecule has 2 N–H and O–H groups in total. The smallest absolute Gasteiger partial charge is 0.337 e. The minimum Gasteiger partial charge on any atom is -0.410 e. The fourth-order valence-electron chi connectivity index (χ4n) is 7.79. The van der Waals surface area contributed by atoms with Crippen LogP contribution in [0, 0.1) is 29.6 Å². The van der Waals surface area contributed by atoms with Crippen LogP contribution in [0.2, 0.25) is 11.6 Å². The predicted molar refractivity (Wildman–Crippen MR) is 182 cm³/mol. The van der Waals surface area contributed by atoms with Gasteiger partial charge in [0.25, 0.3) is 0 Å². The first-order valence-electron chi connectivity index (χ1n) is 17.1. The Morgan fingerprint density at radius 2 is 1.64 bits per heavy atom. The first-order valence-corrected chi connectivity index (χ1v) is 19.3. The van der Waals surface area contributed by atoms with Crippen molar-refractivity contribution < 1.29 is 19.2 Å². The molecule has 3 aliphatic rings. The van der Waals surface area contributed by atoms with E-state index in [9.17, 15) is 19.2 Å². The van der Waals surface area contributed by atoms with Gasteiger partial charge >= 0.3 is 8.56 Å². The highest BCUT2D eigenvalue weighted by Crippen LogP contribution is 2.49. The van der Waals surface area contributed by atoms with E-state index in [1.54, 1.807) is 12.4 Å². The van der Waals surface area contributed by atoms with Crippen LogP contribution in [0.3, 0.4) is 0 Å². The van der Waals surface area contributed by atoms with Gasteiger partial charge in [-0.3, -0.25) is 19.6 Å². The standard InChI is InChI=1S/C37H56N2O4Si/c1-26(2)17-19-36(23-30-15-11-8-12-16-30)35(41)32(25-38-36)37(22-28(5)6)34(40)31(24-39-37)33(21-29-13-9-7-10-14-29)44(42,43)20-18-27(3)4/h8,11-12,15-17,24-25,27-29,31-33,42-43H,7,9-10,13-14,18-23H2,1-6H3/t31?,32?,33-,36-,37+/m1/s1. The zero-order valence-electron chi connectivity index (χ0n) is 28.0. The summed E-state index contributed by atoms with van der Waals surface area (Å²) in [6.07, 6.45) is 13.9. The zero-order valence-corrected chi connectivity index (χ0v) is 29.0. The van der Waals surface area contributed by atoms with Crippen LogP contribution in [0.25, 0.3) is 0 Å². The monoisotopic (exact) mass is 620 g/mol. The van der Waals surface area contributed by atoms with E-state index in [0.717, 1.165) is 43.2 Å². The van der Waals surface area contributed by atoms with Gasteiger partial charge in [0.2, 0.25) is 0 Å². The number of carbonyl (C=O) groups excluding carboxylic acids is 2. The van der Waals surface area contributed by atoms with Crippen molar-refractivity contribution in [1.82, 2.24) is 0 Å². The first kappa shape index (κ1) is 34.6. The number of rotatable bonds is 14. The lowest BCUT2D eigenvalue weighted by atomic mass is 9.68. The SMILES string of the molecule is CC(C)=CC[C@]1(Cc2ccccc2)N=CC([C@]2(CC(C)C)N=CC([C@@H](CC3CCCCC3)[Si](O)(O)CCC(C)C)C2=O)C1=O. The van der Waals surface area contributed by atoms with Crippen LogP contribution < -0.4 is 0 Å². The molecule has 2 heterocycles. The van der Waals surface area contributed by atoms with Crippen molar-refractivity contribution in [3.8, 4) is 0 Å². The van der Waals surface area contributed by atoms with Crippen molar-refractivity contribution in [2.75, 3.05) is 0 Å². The Labute approximate surface area is 266 Å². The molecule has 0 bridgehead atoms. The second kappa shape index (κ2) is 14.5. The molecule has 2 unspecified atom stereocenters. The summed E-state index contributed by atoms with van der Waals surface area (Å²) < 4.78 is 0. The molecule has 0 aromatic heterocycles. The van der Waals surface area contributed by atoms with Crippen LogP contribution in [0.15, 0.2) is 52.0 Å². The van der Waals surface area contributed by atoms with Gasteiger partial charge in [0.1, 0.15) is 11.1 Å². The average Bonchev–Trinajstić information content (AvgIpc) is 3.47. The van der Waals surface area contributed by atoms with Gasteiger partial charge in [0.05, 0.1) is 11.8 Å². The summed E-state index contributed by atoms with van der Waals surface area (Å²) in [6.45, 7) is 12.4. The largest absolute Gasteiger partial charge is 0.410 e. The van der Waals surface area contributed by atoms with Gasteiger partial charge in [-0.15, -0.1) is 0 Å². The quantitative estimate of drug-likeness (QED) is 0.167. The molecule has 0 saturated heterocycles. The van der Waals surface area contributed by atoms with Gasteiger partial charge in [0, 0.05) is 24.4 Å².